The molecule has 2 heterocycles. The van der Waals surface area contributed by atoms with Crippen LogP contribution in [0.5, 0.6) is 0 Å². The number of rotatable bonds is 3. The maximum absolute atomic E-state index is 13.1. The van der Waals surface area contributed by atoms with Gasteiger partial charge in [-0.2, -0.15) is 0 Å². The number of ether oxygens (including phenoxy) is 1. The van der Waals surface area contributed by atoms with Gasteiger partial charge in [-0.3, -0.25) is 20.2 Å². The third kappa shape index (κ3) is 4.67. The lowest BCUT2D eigenvalue weighted by molar-refractivity contribution is 0.0635. The van der Waals surface area contributed by atoms with Crippen LogP contribution in [0.4, 0.5) is 10.6 Å². The van der Waals surface area contributed by atoms with E-state index in [0.717, 1.165) is 25.0 Å². The molecule has 144 valence electrons. The van der Waals surface area contributed by atoms with E-state index in [-0.39, 0.29) is 5.56 Å². The number of aliphatic imine (C=N–C) groups is 1. The molecule has 7 nitrogen and oxygen atoms in total. The largest absolute Gasteiger partial charge is 0.444 e. The van der Waals surface area contributed by atoms with Gasteiger partial charge in [0.05, 0.1) is 11.4 Å². The van der Waals surface area contributed by atoms with E-state index in [2.05, 4.69) is 15.4 Å². The van der Waals surface area contributed by atoms with E-state index in [0.29, 0.717) is 30.0 Å². The third-order valence-corrected chi connectivity index (χ3v) is 4.19. The quantitative estimate of drug-likeness (QED) is 0.859. The van der Waals surface area contributed by atoms with Crippen molar-refractivity contribution in [2.24, 2.45) is 4.99 Å². The summed E-state index contributed by atoms with van der Waals surface area (Å²) in [7, 11) is 0. The summed E-state index contributed by atoms with van der Waals surface area (Å²) in [6.07, 6.45) is 3.17. The molecule has 0 bridgehead atoms. The smallest absolute Gasteiger partial charge is 0.413 e. The monoisotopic (exact) mass is 370 g/mol. The van der Waals surface area contributed by atoms with Crippen LogP contribution < -0.4 is 10.9 Å². The summed E-state index contributed by atoms with van der Waals surface area (Å²) in [6.45, 7) is 6.07. The third-order valence-electron chi connectivity index (χ3n) is 4.19. The standard InChI is InChI=1S/C20H26N4O3/c1-20(2,3)27-19(26)22-17-16(15-12-8-5-9-13-21-15)18(25)24(23-17)14-10-6-4-7-11-14/h4,6-7,10-11,23H,5,8-9,12-13H2,1-3H3,(H,22,26). The van der Waals surface area contributed by atoms with Crippen molar-refractivity contribution in [1.29, 1.82) is 0 Å². The van der Waals surface area contributed by atoms with Crippen LogP contribution in [0, 0.1) is 0 Å². The number of carbonyl (C=O) groups excluding carboxylic acids is 1. The SMILES string of the molecule is CC(C)(C)OC(=O)Nc1[nH]n(-c2ccccc2)c(=O)c1C1=NCCCCC1. The fourth-order valence-corrected chi connectivity index (χ4v) is 3.04. The summed E-state index contributed by atoms with van der Waals surface area (Å²) in [5.41, 5.74) is 0.969. The minimum absolute atomic E-state index is 0.229. The molecule has 1 aliphatic rings. The molecule has 0 saturated carbocycles. The summed E-state index contributed by atoms with van der Waals surface area (Å²) < 4.78 is 6.77. The molecule has 0 radical (unpaired) electrons. The van der Waals surface area contributed by atoms with Gasteiger partial charge in [-0.05, 0) is 52.2 Å². The zero-order valence-corrected chi connectivity index (χ0v) is 16.0. The second-order valence-electron chi connectivity index (χ2n) is 7.60. The molecule has 0 saturated heterocycles. The second kappa shape index (κ2) is 7.82. The first-order valence-electron chi connectivity index (χ1n) is 9.29. The van der Waals surface area contributed by atoms with Crippen LogP contribution in [-0.2, 0) is 4.74 Å². The molecule has 1 aliphatic heterocycles. The van der Waals surface area contributed by atoms with E-state index in [1.807, 2.05) is 30.3 Å². The number of hydrogen-bond donors (Lipinski definition) is 2. The van der Waals surface area contributed by atoms with E-state index >= 15 is 0 Å². The van der Waals surface area contributed by atoms with Gasteiger partial charge in [0.15, 0.2) is 0 Å². The van der Waals surface area contributed by atoms with Crippen LogP contribution >= 0.6 is 0 Å². The molecule has 0 aliphatic carbocycles. The minimum Gasteiger partial charge on any atom is -0.444 e. The number of carbonyl (C=O) groups is 1. The molecule has 2 N–H and O–H groups in total. The number of para-hydroxylation sites is 1. The molecule has 27 heavy (non-hydrogen) atoms. The van der Waals surface area contributed by atoms with Gasteiger partial charge < -0.3 is 4.74 Å². The number of benzene rings is 1. The molecule has 0 spiro atoms. The lowest BCUT2D eigenvalue weighted by atomic mass is 10.1. The lowest BCUT2D eigenvalue weighted by Gasteiger charge is -2.19. The van der Waals surface area contributed by atoms with Gasteiger partial charge in [-0.1, -0.05) is 24.6 Å². The Balaban J connectivity index is 2.03. The van der Waals surface area contributed by atoms with Crippen molar-refractivity contribution in [2.75, 3.05) is 11.9 Å². The van der Waals surface area contributed by atoms with Crippen molar-refractivity contribution in [3.8, 4) is 5.69 Å². The summed E-state index contributed by atoms with van der Waals surface area (Å²) in [5, 5.41) is 5.71. The Hall–Kier alpha value is -2.83. The van der Waals surface area contributed by atoms with Gasteiger partial charge in [0.25, 0.3) is 5.56 Å². The second-order valence-corrected chi connectivity index (χ2v) is 7.60. The Labute approximate surface area is 158 Å². The topological polar surface area (TPSA) is 88.5 Å². The first-order valence-corrected chi connectivity index (χ1v) is 9.29. The predicted molar refractivity (Wildman–Crippen MR) is 106 cm³/mol. The molecule has 2 aromatic rings. The fraction of sp³-hybridized carbons (Fsp3) is 0.450. The summed E-state index contributed by atoms with van der Waals surface area (Å²) in [5.74, 6) is 0.318. The lowest BCUT2D eigenvalue weighted by Crippen LogP contribution is -2.28. The van der Waals surface area contributed by atoms with Crippen molar-refractivity contribution in [1.82, 2.24) is 9.78 Å². The Morgan fingerprint density at radius 2 is 1.93 bits per heavy atom. The number of anilines is 1. The highest BCUT2D eigenvalue weighted by Crippen LogP contribution is 2.19. The van der Waals surface area contributed by atoms with Crippen molar-refractivity contribution >= 4 is 17.6 Å². The molecule has 0 unspecified atom stereocenters. The Morgan fingerprint density at radius 1 is 1.19 bits per heavy atom. The first kappa shape index (κ1) is 18.9. The van der Waals surface area contributed by atoms with Crippen molar-refractivity contribution in [3.05, 3.63) is 46.2 Å². The molecule has 1 aromatic heterocycles. The Morgan fingerprint density at radius 3 is 2.63 bits per heavy atom. The number of nitrogens with zero attached hydrogens (tertiary/aromatic N) is 2. The highest BCUT2D eigenvalue weighted by atomic mass is 16.6. The van der Waals surface area contributed by atoms with E-state index in [1.165, 1.54) is 4.68 Å². The van der Waals surface area contributed by atoms with Gasteiger partial charge in [0.2, 0.25) is 0 Å². The van der Waals surface area contributed by atoms with Crippen LogP contribution in [0.2, 0.25) is 0 Å². The minimum atomic E-state index is -0.633. The predicted octanol–water partition coefficient (Wildman–Crippen LogP) is 3.88. The zero-order chi connectivity index (χ0) is 19.4. The molecular weight excluding hydrogens is 344 g/mol. The van der Waals surface area contributed by atoms with Gasteiger partial charge in [-0.15, -0.1) is 0 Å². The Bertz CT molecular complexity index is 888. The van der Waals surface area contributed by atoms with E-state index in [4.69, 9.17) is 4.74 Å². The first-order chi connectivity index (χ1) is 12.8. The van der Waals surface area contributed by atoms with E-state index in [1.54, 1.807) is 20.8 Å². The van der Waals surface area contributed by atoms with Gasteiger partial charge in [0, 0.05) is 6.54 Å². The van der Waals surface area contributed by atoms with Crippen molar-refractivity contribution < 1.29 is 9.53 Å². The average Bonchev–Trinajstić information content (AvgIpc) is 2.77. The number of nitrogens with one attached hydrogen (secondary N) is 2. The maximum Gasteiger partial charge on any atom is 0.413 e. The maximum atomic E-state index is 13.1. The highest BCUT2D eigenvalue weighted by molar-refractivity contribution is 6.06. The molecule has 1 aromatic carbocycles. The van der Waals surface area contributed by atoms with Crippen LogP contribution in [-0.4, -0.2) is 33.7 Å². The molecular formula is C20H26N4O3. The Kier molecular flexibility index (Phi) is 5.48. The van der Waals surface area contributed by atoms with Crippen LogP contribution in [0.1, 0.15) is 52.0 Å². The number of aromatic amines is 1. The van der Waals surface area contributed by atoms with Gasteiger partial charge >= 0.3 is 6.09 Å². The molecule has 1 amide bonds. The van der Waals surface area contributed by atoms with E-state index < -0.39 is 11.7 Å². The van der Waals surface area contributed by atoms with Crippen LogP contribution in [0.3, 0.4) is 0 Å². The number of H-pyrrole nitrogens is 1. The van der Waals surface area contributed by atoms with E-state index in [9.17, 15) is 9.59 Å². The number of aromatic nitrogens is 2. The van der Waals surface area contributed by atoms with Crippen LogP contribution in [0.15, 0.2) is 40.1 Å². The summed E-state index contributed by atoms with van der Waals surface area (Å²) in [4.78, 5) is 30.0. The number of hydrogen-bond acceptors (Lipinski definition) is 4. The summed E-state index contributed by atoms with van der Waals surface area (Å²) in [6, 6.07) is 9.24. The molecule has 0 fully saturated rings. The molecule has 0 atom stereocenters. The van der Waals surface area contributed by atoms with Gasteiger partial charge in [0.1, 0.15) is 17.0 Å². The van der Waals surface area contributed by atoms with Crippen molar-refractivity contribution in [3.63, 3.8) is 0 Å². The highest BCUT2D eigenvalue weighted by Gasteiger charge is 2.24. The normalized spacial score (nSPS) is 15.0. The van der Waals surface area contributed by atoms with Gasteiger partial charge in [-0.25, -0.2) is 9.48 Å². The number of amides is 1. The molecule has 3 rings (SSSR count). The zero-order valence-electron chi connectivity index (χ0n) is 16.0. The van der Waals surface area contributed by atoms with Crippen molar-refractivity contribution in [2.45, 2.75) is 52.1 Å². The molecule has 7 heteroatoms. The average molecular weight is 370 g/mol. The summed E-state index contributed by atoms with van der Waals surface area (Å²) >= 11 is 0. The fourth-order valence-electron chi connectivity index (χ4n) is 3.04. The van der Waals surface area contributed by atoms with Crippen LogP contribution in [0.25, 0.3) is 5.69 Å².